The van der Waals surface area contributed by atoms with Gasteiger partial charge in [-0.1, -0.05) is 17.7 Å². The third-order valence-corrected chi connectivity index (χ3v) is 6.75. The summed E-state index contributed by atoms with van der Waals surface area (Å²) in [5.74, 6) is 1.94. The van der Waals surface area contributed by atoms with Gasteiger partial charge in [0.05, 0.1) is 6.61 Å². The highest BCUT2D eigenvalue weighted by Crippen LogP contribution is 2.36. The Hall–Kier alpha value is -2.90. The average molecular weight is 437 g/mol. The predicted molar refractivity (Wildman–Crippen MR) is 124 cm³/mol. The molecule has 4 heterocycles. The number of ether oxygens (including phenoxy) is 1. The molecule has 2 atom stereocenters. The lowest BCUT2D eigenvalue weighted by molar-refractivity contribution is 0.277. The molecule has 2 bridgehead atoms. The zero-order chi connectivity index (χ0) is 21.9. The number of hydrogen-bond acceptors (Lipinski definition) is 7. The highest BCUT2D eigenvalue weighted by molar-refractivity contribution is 5.40. The van der Waals surface area contributed by atoms with E-state index in [9.17, 15) is 4.79 Å². The van der Waals surface area contributed by atoms with Crippen molar-refractivity contribution in [1.29, 1.82) is 0 Å². The van der Waals surface area contributed by atoms with Gasteiger partial charge >= 0.3 is 6.01 Å². The summed E-state index contributed by atoms with van der Waals surface area (Å²) in [5, 5.41) is 3.39. The quantitative estimate of drug-likeness (QED) is 0.666. The monoisotopic (exact) mass is 436 g/mol. The number of fused-ring (bicyclic) bond motifs is 4. The third-order valence-electron chi connectivity index (χ3n) is 6.75. The molecule has 0 aromatic carbocycles. The van der Waals surface area contributed by atoms with Crippen LogP contribution in [-0.4, -0.2) is 45.8 Å². The minimum Gasteiger partial charge on any atom is -0.464 e. The lowest BCUT2D eigenvalue weighted by Gasteiger charge is -2.42. The fraction of sp³-hybridized carbons (Fsp3) is 0.583. The minimum atomic E-state index is 0.101. The highest BCUT2D eigenvalue weighted by Gasteiger charge is 2.35. The molecular formula is C24H32N6O2. The molecule has 0 spiro atoms. The van der Waals surface area contributed by atoms with Crippen molar-refractivity contribution >= 4 is 11.9 Å². The zero-order valence-corrected chi connectivity index (χ0v) is 18.8. The first-order chi connectivity index (χ1) is 15.7. The number of aromatic nitrogens is 4. The Morgan fingerprint density at radius 2 is 2.09 bits per heavy atom. The SMILES string of the molecule is CCOc1nc(NCCC2=CCCCC2)nc(N2CC3CC(C2)c2cccc(=O)n2C3)n1. The van der Waals surface area contributed by atoms with E-state index < -0.39 is 0 Å². The average Bonchev–Trinajstić information content (AvgIpc) is 2.81. The molecule has 5 rings (SSSR count). The summed E-state index contributed by atoms with van der Waals surface area (Å²) in [6.45, 7) is 5.64. The lowest BCUT2D eigenvalue weighted by atomic mass is 9.83. The summed E-state index contributed by atoms with van der Waals surface area (Å²) in [6, 6.07) is 5.97. The number of allylic oxidation sites excluding steroid dienone is 1. The van der Waals surface area contributed by atoms with Crippen LogP contribution < -0.4 is 20.5 Å². The van der Waals surface area contributed by atoms with Gasteiger partial charge in [-0.15, -0.1) is 0 Å². The van der Waals surface area contributed by atoms with Crippen LogP contribution in [0, 0.1) is 5.92 Å². The van der Waals surface area contributed by atoms with Crippen molar-refractivity contribution in [2.24, 2.45) is 5.92 Å². The summed E-state index contributed by atoms with van der Waals surface area (Å²) in [6.07, 6.45) is 9.51. The van der Waals surface area contributed by atoms with Crippen molar-refractivity contribution in [3.8, 4) is 6.01 Å². The number of rotatable bonds is 7. The zero-order valence-electron chi connectivity index (χ0n) is 18.8. The Labute approximate surface area is 188 Å². The van der Waals surface area contributed by atoms with Gasteiger partial charge in [-0.25, -0.2) is 0 Å². The van der Waals surface area contributed by atoms with Crippen LogP contribution in [0.5, 0.6) is 6.01 Å². The number of hydrogen-bond donors (Lipinski definition) is 1. The van der Waals surface area contributed by atoms with Crippen LogP contribution in [0.15, 0.2) is 34.6 Å². The van der Waals surface area contributed by atoms with E-state index in [1.54, 1.807) is 6.07 Å². The van der Waals surface area contributed by atoms with E-state index in [0.29, 0.717) is 36.3 Å². The first-order valence-electron chi connectivity index (χ1n) is 11.9. The van der Waals surface area contributed by atoms with Crippen LogP contribution in [0.3, 0.4) is 0 Å². The molecule has 8 heteroatoms. The smallest absolute Gasteiger partial charge is 0.323 e. The maximum Gasteiger partial charge on any atom is 0.323 e. The molecule has 0 amide bonds. The largest absolute Gasteiger partial charge is 0.464 e. The number of piperidine rings is 1. The Bertz CT molecular complexity index is 1050. The van der Waals surface area contributed by atoms with Crippen molar-refractivity contribution in [2.45, 2.75) is 57.9 Å². The molecule has 3 aliphatic rings. The van der Waals surface area contributed by atoms with Crippen LogP contribution in [-0.2, 0) is 6.54 Å². The van der Waals surface area contributed by atoms with Crippen LogP contribution >= 0.6 is 0 Å². The minimum absolute atomic E-state index is 0.101. The van der Waals surface area contributed by atoms with Crippen LogP contribution in [0.4, 0.5) is 11.9 Å². The molecule has 1 N–H and O–H groups in total. The first kappa shape index (κ1) is 21.0. The summed E-state index contributed by atoms with van der Waals surface area (Å²) < 4.78 is 7.60. The summed E-state index contributed by atoms with van der Waals surface area (Å²) in [5.41, 5.74) is 2.75. The Morgan fingerprint density at radius 1 is 1.16 bits per heavy atom. The van der Waals surface area contributed by atoms with Gasteiger partial charge in [-0.2, -0.15) is 15.0 Å². The number of pyridine rings is 1. The standard InChI is InChI=1S/C24H32N6O2/c1-2-32-24-27-22(25-12-11-17-7-4-3-5-8-17)26-23(28-24)29-14-18-13-19(16-29)20-9-6-10-21(31)30(20)15-18/h6-7,9-10,18-19H,2-5,8,11-16H2,1H3,(H,25,26,27,28). The van der Waals surface area contributed by atoms with Gasteiger partial charge in [-0.05, 0) is 57.4 Å². The van der Waals surface area contributed by atoms with Gasteiger partial charge in [-0.3, -0.25) is 4.79 Å². The molecular weight excluding hydrogens is 404 g/mol. The number of anilines is 2. The maximum absolute atomic E-state index is 12.3. The van der Waals surface area contributed by atoms with Crippen LogP contribution in [0.2, 0.25) is 0 Å². The van der Waals surface area contributed by atoms with E-state index in [4.69, 9.17) is 9.72 Å². The summed E-state index contributed by atoms with van der Waals surface area (Å²) >= 11 is 0. The molecule has 1 saturated heterocycles. The first-order valence-corrected chi connectivity index (χ1v) is 11.9. The Balaban J connectivity index is 1.33. The second kappa shape index (κ2) is 9.30. The normalized spacial score (nSPS) is 22.2. The maximum atomic E-state index is 12.3. The van der Waals surface area contributed by atoms with E-state index >= 15 is 0 Å². The lowest BCUT2D eigenvalue weighted by Crippen LogP contribution is -2.47. The van der Waals surface area contributed by atoms with Crippen molar-refractivity contribution in [3.63, 3.8) is 0 Å². The topological polar surface area (TPSA) is 85.2 Å². The predicted octanol–water partition coefficient (Wildman–Crippen LogP) is 3.36. The van der Waals surface area contributed by atoms with Gasteiger partial charge < -0.3 is 19.5 Å². The molecule has 1 fully saturated rings. The Kier molecular flexibility index (Phi) is 6.10. The van der Waals surface area contributed by atoms with Gasteiger partial charge in [0, 0.05) is 43.9 Å². The second-order valence-corrected chi connectivity index (χ2v) is 9.06. The van der Waals surface area contributed by atoms with E-state index in [-0.39, 0.29) is 5.56 Å². The number of nitrogens with zero attached hydrogens (tertiary/aromatic N) is 5. The molecule has 2 aromatic rings. The van der Waals surface area contributed by atoms with E-state index in [1.807, 2.05) is 17.6 Å². The van der Waals surface area contributed by atoms with Crippen LogP contribution in [0.25, 0.3) is 0 Å². The molecule has 1 aliphatic carbocycles. The van der Waals surface area contributed by atoms with E-state index in [1.165, 1.54) is 31.3 Å². The van der Waals surface area contributed by atoms with Gasteiger partial charge in [0.1, 0.15) is 0 Å². The Morgan fingerprint density at radius 3 is 2.94 bits per heavy atom. The fourth-order valence-electron chi connectivity index (χ4n) is 5.29. The van der Waals surface area contributed by atoms with Crippen molar-refractivity contribution in [2.75, 3.05) is 36.5 Å². The number of nitrogens with one attached hydrogen (secondary N) is 1. The summed E-state index contributed by atoms with van der Waals surface area (Å²) in [7, 11) is 0. The van der Waals surface area contributed by atoms with Crippen molar-refractivity contribution in [1.82, 2.24) is 19.5 Å². The summed E-state index contributed by atoms with van der Waals surface area (Å²) in [4.78, 5) is 28.4. The highest BCUT2D eigenvalue weighted by atomic mass is 16.5. The molecule has 2 unspecified atom stereocenters. The molecule has 2 aromatic heterocycles. The molecule has 0 radical (unpaired) electrons. The van der Waals surface area contributed by atoms with E-state index in [2.05, 4.69) is 32.3 Å². The fourth-order valence-corrected chi connectivity index (χ4v) is 5.29. The van der Waals surface area contributed by atoms with Crippen molar-refractivity contribution < 1.29 is 4.74 Å². The van der Waals surface area contributed by atoms with Gasteiger partial charge in [0.15, 0.2) is 0 Å². The molecule has 0 saturated carbocycles. The molecule has 2 aliphatic heterocycles. The van der Waals surface area contributed by atoms with Gasteiger partial charge in [0.2, 0.25) is 11.9 Å². The second-order valence-electron chi connectivity index (χ2n) is 9.06. The van der Waals surface area contributed by atoms with Crippen molar-refractivity contribution in [3.05, 3.63) is 45.9 Å². The van der Waals surface area contributed by atoms with Crippen LogP contribution in [0.1, 0.15) is 57.1 Å². The van der Waals surface area contributed by atoms with E-state index in [0.717, 1.165) is 44.7 Å². The third kappa shape index (κ3) is 4.49. The molecule has 8 nitrogen and oxygen atoms in total. The van der Waals surface area contributed by atoms with Gasteiger partial charge in [0.25, 0.3) is 5.56 Å². The molecule has 32 heavy (non-hydrogen) atoms. The molecule has 170 valence electrons.